The van der Waals surface area contributed by atoms with Crippen LogP contribution in [0.25, 0.3) is 0 Å². The quantitative estimate of drug-likeness (QED) is 0.792. The highest BCUT2D eigenvalue weighted by molar-refractivity contribution is 5.34. The van der Waals surface area contributed by atoms with Crippen molar-refractivity contribution in [3.8, 4) is 17.6 Å². The smallest absolute Gasteiger partial charge is 0.410 e. The Morgan fingerprint density at radius 3 is 1.92 bits per heavy atom. The summed E-state index contributed by atoms with van der Waals surface area (Å²) >= 11 is 0. The molecule has 0 fully saturated rings. The molecular weight excluding hydrogens is 306 g/mol. The van der Waals surface area contributed by atoms with E-state index in [4.69, 9.17) is 19.5 Å². The van der Waals surface area contributed by atoms with E-state index in [0.29, 0.717) is 17.1 Å². The average molecular weight is 323 g/mol. The number of ether oxygens (including phenoxy) is 3. The van der Waals surface area contributed by atoms with Gasteiger partial charge in [-0.05, 0) is 57.2 Å². The maximum absolute atomic E-state index is 8.88. The molecule has 6 heteroatoms. The highest BCUT2D eigenvalue weighted by Gasteiger charge is 2.49. The summed E-state index contributed by atoms with van der Waals surface area (Å²) in [5.74, 6) is 1.00. The van der Waals surface area contributed by atoms with E-state index in [1.54, 1.807) is 38.1 Å². The summed E-state index contributed by atoms with van der Waals surface area (Å²) < 4.78 is 17.5. The van der Waals surface area contributed by atoms with Gasteiger partial charge < -0.3 is 9.47 Å². The Hall–Kier alpha value is -2.91. The molecule has 3 rings (SSSR count). The number of nitriles is 1. The van der Waals surface area contributed by atoms with Crippen molar-refractivity contribution in [1.82, 2.24) is 0 Å². The molecule has 0 saturated carbocycles. The van der Waals surface area contributed by atoms with Crippen LogP contribution in [-0.4, -0.2) is 11.8 Å². The first-order valence-corrected chi connectivity index (χ1v) is 7.49. The van der Waals surface area contributed by atoms with Gasteiger partial charge in [0.1, 0.15) is 11.5 Å². The average Bonchev–Trinajstić information content (AvgIpc) is 2.85. The molecule has 2 aromatic rings. The van der Waals surface area contributed by atoms with Crippen molar-refractivity contribution in [3.05, 3.63) is 59.7 Å². The van der Waals surface area contributed by atoms with Crippen LogP contribution in [0, 0.1) is 18.3 Å². The molecule has 0 aromatic heterocycles. The minimum absolute atomic E-state index is 0.456. The first-order valence-electron chi connectivity index (χ1n) is 7.49. The van der Waals surface area contributed by atoms with Crippen molar-refractivity contribution in [1.29, 1.82) is 5.26 Å². The van der Waals surface area contributed by atoms with Crippen LogP contribution in [0.2, 0.25) is 0 Å². The third-order valence-corrected chi connectivity index (χ3v) is 3.29. The van der Waals surface area contributed by atoms with E-state index in [2.05, 4.69) is 16.3 Å². The minimum Gasteiger partial charge on any atom is -0.410 e. The molecular formula is C18H17N3O3. The van der Waals surface area contributed by atoms with Crippen LogP contribution in [0.1, 0.15) is 25.0 Å². The fourth-order valence-corrected chi connectivity index (χ4v) is 2.14. The van der Waals surface area contributed by atoms with Gasteiger partial charge in [-0.15, -0.1) is 5.11 Å². The van der Waals surface area contributed by atoms with Crippen molar-refractivity contribution in [2.45, 2.75) is 32.6 Å². The first kappa shape index (κ1) is 16.0. The van der Waals surface area contributed by atoms with Crippen molar-refractivity contribution < 1.29 is 14.2 Å². The summed E-state index contributed by atoms with van der Waals surface area (Å²) in [4.78, 5) is 0. The van der Waals surface area contributed by atoms with Gasteiger partial charge in [-0.2, -0.15) is 5.26 Å². The van der Waals surface area contributed by atoms with E-state index >= 15 is 0 Å². The fraction of sp³-hybridized carbons (Fsp3) is 0.278. The van der Waals surface area contributed by atoms with Crippen LogP contribution in [0.4, 0.5) is 0 Å². The van der Waals surface area contributed by atoms with Gasteiger partial charge in [0.05, 0.1) is 11.6 Å². The third-order valence-electron chi connectivity index (χ3n) is 3.29. The molecule has 0 spiro atoms. The molecule has 0 saturated heterocycles. The highest BCUT2D eigenvalue weighted by Crippen LogP contribution is 2.35. The summed E-state index contributed by atoms with van der Waals surface area (Å²) in [6.45, 7) is 5.51. The number of aryl methyl sites for hydroxylation is 1. The Bertz CT molecular complexity index is 792. The van der Waals surface area contributed by atoms with E-state index in [0.717, 1.165) is 5.56 Å². The predicted molar refractivity (Wildman–Crippen MR) is 86.3 cm³/mol. The molecule has 24 heavy (non-hydrogen) atoms. The van der Waals surface area contributed by atoms with E-state index in [-0.39, 0.29) is 0 Å². The lowest BCUT2D eigenvalue weighted by atomic mass is 10.2. The molecule has 1 aliphatic heterocycles. The van der Waals surface area contributed by atoms with Crippen LogP contribution >= 0.6 is 0 Å². The largest absolute Gasteiger partial charge is 0.510 e. The summed E-state index contributed by atoms with van der Waals surface area (Å²) in [5, 5.41) is 17.0. The number of azo groups is 1. The number of hydrogen-bond donors (Lipinski definition) is 0. The van der Waals surface area contributed by atoms with Crippen LogP contribution in [-0.2, 0) is 4.74 Å². The maximum atomic E-state index is 8.88. The Kier molecular flexibility index (Phi) is 3.96. The van der Waals surface area contributed by atoms with Gasteiger partial charge >= 0.3 is 6.10 Å². The first-order chi connectivity index (χ1) is 11.4. The second kappa shape index (κ2) is 5.95. The molecule has 0 amide bonds. The number of rotatable bonds is 4. The zero-order valence-corrected chi connectivity index (χ0v) is 13.7. The Morgan fingerprint density at radius 2 is 1.46 bits per heavy atom. The summed E-state index contributed by atoms with van der Waals surface area (Å²) in [6, 6.07) is 16.1. The Balaban J connectivity index is 1.87. The van der Waals surface area contributed by atoms with Gasteiger partial charge in [-0.3, -0.25) is 4.74 Å². The van der Waals surface area contributed by atoms with Gasteiger partial charge in [0.2, 0.25) is 0 Å². The molecule has 0 bridgehead atoms. The van der Waals surface area contributed by atoms with Gasteiger partial charge in [0.15, 0.2) is 5.72 Å². The van der Waals surface area contributed by atoms with Gasteiger partial charge in [-0.1, -0.05) is 22.8 Å². The van der Waals surface area contributed by atoms with Crippen LogP contribution in [0.3, 0.4) is 0 Å². The number of benzene rings is 2. The van der Waals surface area contributed by atoms with Gasteiger partial charge in [0, 0.05) is 0 Å². The molecule has 0 radical (unpaired) electrons. The zero-order chi connectivity index (χ0) is 17.2. The molecule has 1 aliphatic rings. The molecule has 1 unspecified atom stereocenters. The van der Waals surface area contributed by atoms with E-state index in [1.165, 1.54) is 0 Å². The van der Waals surface area contributed by atoms with Crippen LogP contribution in [0.5, 0.6) is 11.5 Å². The molecule has 122 valence electrons. The van der Waals surface area contributed by atoms with Crippen molar-refractivity contribution >= 4 is 0 Å². The second-order valence-corrected chi connectivity index (χ2v) is 5.93. The lowest BCUT2D eigenvalue weighted by molar-refractivity contribution is -0.310. The summed E-state index contributed by atoms with van der Waals surface area (Å²) in [5.41, 5.74) is 0.779. The van der Waals surface area contributed by atoms with Crippen molar-refractivity contribution in [2.24, 2.45) is 10.2 Å². The van der Waals surface area contributed by atoms with E-state index < -0.39 is 11.8 Å². The molecule has 2 aromatic carbocycles. The molecule has 1 heterocycles. The third kappa shape index (κ3) is 3.53. The van der Waals surface area contributed by atoms with Crippen LogP contribution in [0.15, 0.2) is 58.8 Å². The molecule has 0 aliphatic carbocycles. The summed E-state index contributed by atoms with van der Waals surface area (Å²) in [7, 11) is 0. The maximum Gasteiger partial charge on any atom is 0.510 e. The Labute approximate surface area is 140 Å². The second-order valence-electron chi connectivity index (χ2n) is 5.93. The summed E-state index contributed by atoms with van der Waals surface area (Å²) in [6.07, 6.45) is -1.70. The lowest BCUT2D eigenvalue weighted by Crippen LogP contribution is -2.44. The van der Waals surface area contributed by atoms with Gasteiger partial charge in [0.25, 0.3) is 0 Å². The fourth-order valence-electron chi connectivity index (χ4n) is 2.14. The topological polar surface area (TPSA) is 76.2 Å². The normalized spacial score (nSPS) is 21.2. The van der Waals surface area contributed by atoms with Crippen LogP contribution < -0.4 is 9.47 Å². The zero-order valence-electron chi connectivity index (χ0n) is 13.7. The minimum atomic E-state index is -1.70. The molecule has 1 atom stereocenters. The molecule has 0 N–H and O–H groups in total. The van der Waals surface area contributed by atoms with E-state index in [9.17, 15) is 0 Å². The monoisotopic (exact) mass is 323 g/mol. The van der Waals surface area contributed by atoms with Gasteiger partial charge in [-0.25, -0.2) is 0 Å². The number of nitrogens with zero attached hydrogens (tertiary/aromatic N) is 3. The van der Waals surface area contributed by atoms with E-state index in [1.807, 2.05) is 31.2 Å². The molecule has 6 nitrogen and oxygen atoms in total. The number of hydrogen-bond acceptors (Lipinski definition) is 6. The SMILES string of the molecule is Cc1ccc(OC2(Oc3ccc(C#N)cc3)N=NC(C)(C)O2)cc1. The standard InChI is InChI=1S/C18H17N3O3/c1-13-4-8-15(9-5-13)22-18(21-20-17(2,3)24-18)23-16-10-6-14(12-19)7-11-16/h4-11H,1-3H3. The van der Waals surface area contributed by atoms with Crippen molar-refractivity contribution in [2.75, 3.05) is 0 Å². The van der Waals surface area contributed by atoms with Crippen molar-refractivity contribution in [3.63, 3.8) is 0 Å². The highest BCUT2D eigenvalue weighted by atomic mass is 16.9. The Morgan fingerprint density at radius 1 is 0.917 bits per heavy atom. The lowest BCUT2D eigenvalue weighted by Gasteiger charge is -2.27. The predicted octanol–water partition coefficient (Wildman–Crippen LogP) is 4.15.